The molecule has 0 fully saturated rings. The summed E-state index contributed by atoms with van der Waals surface area (Å²) < 4.78 is 33.4. The third kappa shape index (κ3) is 6.63. The highest BCUT2D eigenvalue weighted by Gasteiger charge is 2.41. The molecule has 0 saturated carbocycles. The first-order chi connectivity index (χ1) is 25.4. The molecule has 13 heteroatoms. The normalized spacial score (nSPS) is 16.6. The molecular formula is C40H45N9O3S. The van der Waals surface area contributed by atoms with Crippen LogP contribution in [0.1, 0.15) is 73.4 Å². The second kappa shape index (κ2) is 14.3. The summed E-state index contributed by atoms with van der Waals surface area (Å²) >= 11 is 0. The topological polar surface area (TPSA) is 141 Å². The second-order valence-corrected chi connectivity index (χ2v) is 16.4. The van der Waals surface area contributed by atoms with E-state index in [1.165, 1.54) is 4.68 Å². The molecule has 0 aliphatic carbocycles. The van der Waals surface area contributed by atoms with Gasteiger partial charge in [0.05, 0.1) is 21.5 Å². The number of amides is 1. The minimum absolute atomic E-state index is 0.186. The summed E-state index contributed by atoms with van der Waals surface area (Å²) in [4.78, 5) is 14.9. The van der Waals surface area contributed by atoms with E-state index in [-0.39, 0.29) is 24.3 Å². The summed E-state index contributed by atoms with van der Waals surface area (Å²) in [7, 11) is -3.76. The maximum atomic E-state index is 14.6. The van der Waals surface area contributed by atoms with E-state index < -0.39 is 21.4 Å². The van der Waals surface area contributed by atoms with E-state index in [0.29, 0.717) is 30.1 Å². The maximum Gasteiger partial charge on any atom is 0.254 e. The van der Waals surface area contributed by atoms with Gasteiger partial charge in [0.1, 0.15) is 5.52 Å². The van der Waals surface area contributed by atoms with Gasteiger partial charge in [-0.3, -0.25) is 10.1 Å². The Labute approximate surface area is 310 Å². The first-order valence-corrected chi connectivity index (χ1v) is 19.5. The summed E-state index contributed by atoms with van der Waals surface area (Å²) in [5.41, 5.74) is 6.75. The fourth-order valence-corrected chi connectivity index (χ4v) is 9.32. The molecule has 6 aromatic rings. The molecule has 1 N–H and O–H groups in total. The predicted molar refractivity (Wildman–Crippen MR) is 204 cm³/mol. The number of anilines is 1. The van der Waals surface area contributed by atoms with Crippen molar-refractivity contribution in [1.29, 1.82) is 0 Å². The lowest BCUT2D eigenvalue weighted by Crippen LogP contribution is -2.38. The Hall–Kier alpha value is -5.27. The van der Waals surface area contributed by atoms with Crippen LogP contribution in [0.25, 0.3) is 16.7 Å². The minimum Gasteiger partial charge on any atom is -0.293 e. The van der Waals surface area contributed by atoms with E-state index in [2.05, 4.69) is 50.2 Å². The number of carbonyl (C=O) groups excluding carboxylic acids is 1. The van der Waals surface area contributed by atoms with Gasteiger partial charge in [0, 0.05) is 25.6 Å². The molecule has 4 aromatic carbocycles. The Bertz CT molecular complexity index is 2400. The first kappa shape index (κ1) is 36.1. The van der Waals surface area contributed by atoms with Crippen molar-refractivity contribution in [3.05, 3.63) is 118 Å². The number of benzene rings is 4. The van der Waals surface area contributed by atoms with Crippen LogP contribution in [0.15, 0.2) is 89.8 Å². The number of aryl methyl sites for hydroxylation is 3. The molecule has 1 aliphatic rings. The number of nitrogens with one attached hydrogen (secondary N) is 1. The summed E-state index contributed by atoms with van der Waals surface area (Å²) in [5, 5.41) is 24.1. The van der Waals surface area contributed by atoms with E-state index in [1.54, 1.807) is 16.4 Å². The third-order valence-electron chi connectivity index (χ3n) is 10.8. The van der Waals surface area contributed by atoms with E-state index >= 15 is 0 Å². The zero-order chi connectivity index (χ0) is 37.5. The summed E-state index contributed by atoms with van der Waals surface area (Å²) in [5.74, 6) is -0.381. The molecule has 53 heavy (non-hydrogen) atoms. The van der Waals surface area contributed by atoms with E-state index in [1.807, 2.05) is 100.0 Å². The van der Waals surface area contributed by atoms with Crippen molar-refractivity contribution in [1.82, 2.24) is 39.5 Å². The molecule has 0 spiro atoms. The molecule has 0 radical (unpaired) electrons. The van der Waals surface area contributed by atoms with Crippen molar-refractivity contribution in [2.75, 3.05) is 11.9 Å². The van der Waals surface area contributed by atoms with Crippen LogP contribution in [-0.4, -0.2) is 60.4 Å². The number of nitrogens with zero attached hydrogens (tertiary/aromatic N) is 8. The average molecular weight is 732 g/mol. The van der Waals surface area contributed by atoms with E-state index in [4.69, 9.17) is 0 Å². The molecule has 12 nitrogen and oxygen atoms in total. The quantitative estimate of drug-likeness (QED) is 0.166. The zero-order valence-electron chi connectivity index (χ0n) is 31.0. The predicted octanol–water partition coefficient (Wildman–Crippen LogP) is 6.61. The van der Waals surface area contributed by atoms with Crippen molar-refractivity contribution >= 4 is 32.9 Å². The van der Waals surface area contributed by atoms with Gasteiger partial charge in [-0.25, -0.2) is 13.1 Å². The summed E-state index contributed by atoms with van der Waals surface area (Å²) in [6.07, 6.45) is 1.58. The number of fused-ring (bicyclic) bond motifs is 2. The van der Waals surface area contributed by atoms with Gasteiger partial charge in [-0.05, 0) is 101 Å². The molecule has 274 valence electrons. The average Bonchev–Trinajstić information content (AvgIpc) is 3.78. The van der Waals surface area contributed by atoms with Crippen molar-refractivity contribution in [3.8, 4) is 5.69 Å². The Morgan fingerprint density at radius 3 is 2.45 bits per heavy atom. The van der Waals surface area contributed by atoms with Crippen molar-refractivity contribution in [2.24, 2.45) is 11.3 Å². The molecule has 3 heterocycles. The fourth-order valence-electron chi connectivity index (χ4n) is 7.60. The summed E-state index contributed by atoms with van der Waals surface area (Å²) in [6, 6.07) is 26.9. The van der Waals surface area contributed by atoms with Crippen LogP contribution in [-0.2, 0) is 34.3 Å². The standard InChI is InChI=1S/C40H45N9O3S/c1-7-28-22-29-14-12-13-17-35(29)53(51,52)47(24-28)25-31-23-30(19-18-26(31)3)36(33-20-21-34-37(27(33)4)42-45-48(34)8-2)40(5,6)38(50)41-39-43-44-46-49(39)32-15-10-9-11-16-32/h9-21,23,28,36H,7-8,22,24-25H2,1-6H3,(H,41,43,46,50)/t28-,36?/m0/s1. The lowest BCUT2D eigenvalue weighted by Gasteiger charge is -2.35. The van der Waals surface area contributed by atoms with Gasteiger partial charge in [-0.2, -0.15) is 8.99 Å². The van der Waals surface area contributed by atoms with E-state index in [0.717, 1.165) is 50.8 Å². The van der Waals surface area contributed by atoms with Crippen LogP contribution in [0.2, 0.25) is 0 Å². The number of carbonyl (C=O) groups is 1. The van der Waals surface area contributed by atoms with Gasteiger partial charge in [-0.15, -0.1) is 5.10 Å². The van der Waals surface area contributed by atoms with Crippen LogP contribution in [0.4, 0.5) is 5.95 Å². The number of tetrazole rings is 1. The number of aromatic nitrogens is 7. The maximum absolute atomic E-state index is 14.6. The van der Waals surface area contributed by atoms with Crippen molar-refractivity contribution < 1.29 is 13.2 Å². The van der Waals surface area contributed by atoms with Crippen LogP contribution in [0.5, 0.6) is 0 Å². The molecule has 1 unspecified atom stereocenters. The molecular weight excluding hydrogens is 687 g/mol. The van der Waals surface area contributed by atoms with Gasteiger partial charge in [0.2, 0.25) is 15.9 Å². The highest BCUT2D eigenvalue weighted by Crippen LogP contribution is 2.45. The van der Waals surface area contributed by atoms with E-state index in [9.17, 15) is 13.2 Å². The monoisotopic (exact) mass is 731 g/mol. The molecule has 0 bridgehead atoms. The molecule has 2 aromatic heterocycles. The molecule has 0 saturated heterocycles. The number of para-hydroxylation sites is 1. The zero-order valence-corrected chi connectivity index (χ0v) is 31.8. The highest BCUT2D eigenvalue weighted by atomic mass is 32.2. The van der Waals surface area contributed by atoms with Gasteiger partial charge in [-0.1, -0.05) is 98.2 Å². The van der Waals surface area contributed by atoms with Crippen LogP contribution in [0.3, 0.4) is 0 Å². The van der Waals surface area contributed by atoms with Gasteiger partial charge >= 0.3 is 0 Å². The van der Waals surface area contributed by atoms with Crippen molar-refractivity contribution in [2.45, 2.75) is 78.3 Å². The Kier molecular flexibility index (Phi) is 9.73. The molecule has 1 aliphatic heterocycles. The Balaban J connectivity index is 1.32. The van der Waals surface area contributed by atoms with Gasteiger partial charge in [0.15, 0.2) is 0 Å². The molecule has 1 amide bonds. The van der Waals surface area contributed by atoms with Gasteiger partial charge < -0.3 is 0 Å². The number of sulfonamides is 1. The van der Waals surface area contributed by atoms with Gasteiger partial charge in [0.25, 0.3) is 5.95 Å². The molecule has 7 rings (SSSR count). The fraction of sp³-hybridized carbons (Fsp3) is 0.350. The number of rotatable bonds is 10. The third-order valence-corrected chi connectivity index (χ3v) is 12.7. The minimum atomic E-state index is -3.76. The second-order valence-electron chi connectivity index (χ2n) is 14.5. The number of hydrogen-bond acceptors (Lipinski definition) is 8. The smallest absolute Gasteiger partial charge is 0.254 e. The Morgan fingerprint density at radius 1 is 0.943 bits per heavy atom. The SMILES string of the molecule is CC[C@H]1Cc2ccccc2S(=O)(=O)N(Cc2cc(C(c3ccc4c(nnn4CC)c3C)C(C)(C)C(=O)Nc3nnnn3-c3ccccc3)ccc2C)C1. The largest absolute Gasteiger partial charge is 0.293 e. The number of hydrogen-bond donors (Lipinski definition) is 1. The highest BCUT2D eigenvalue weighted by molar-refractivity contribution is 7.89. The molecule has 2 atom stereocenters. The first-order valence-electron chi connectivity index (χ1n) is 18.1. The Morgan fingerprint density at radius 2 is 1.70 bits per heavy atom. The van der Waals surface area contributed by atoms with Crippen LogP contribution in [0, 0.1) is 25.2 Å². The van der Waals surface area contributed by atoms with Crippen molar-refractivity contribution in [3.63, 3.8) is 0 Å². The lowest BCUT2D eigenvalue weighted by molar-refractivity contribution is -0.124. The van der Waals surface area contributed by atoms with Crippen LogP contribution >= 0.6 is 0 Å². The summed E-state index contributed by atoms with van der Waals surface area (Å²) in [6.45, 7) is 13.3. The van der Waals surface area contributed by atoms with Crippen LogP contribution < -0.4 is 5.32 Å². The lowest BCUT2D eigenvalue weighted by atomic mass is 9.69.